The van der Waals surface area contributed by atoms with Crippen LogP contribution in [0.2, 0.25) is 0 Å². The van der Waals surface area contributed by atoms with Gasteiger partial charge in [-0.2, -0.15) is 0 Å². The Morgan fingerprint density at radius 1 is 0.714 bits per heavy atom. The molecule has 1 N–H and O–H groups in total. The summed E-state index contributed by atoms with van der Waals surface area (Å²) in [5.74, 6) is 0.306. The van der Waals surface area contributed by atoms with Gasteiger partial charge in [-0.05, 0) is 62.2 Å². The SMILES string of the molecule is CCC(CC)(CCCO)CCCCOCCCCC(CC)(CC)CS(C)(=O)=O. The minimum Gasteiger partial charge on any atom is -0.396 e. The average molecular weight is 421 g/mol. The van der Waals surface area contributed by atoms with Gasteiger partial charge in [0.1, 0.15) is 9.84 Å². The van der Waals surface area contributed by atoms with E-state index in [0.29, 0.717) is 17.8 Å². The van der Waals surface area contributed by atoms with Crippen LogP contribution in [0.4, 0.5) is 0 Å². The van der Waals surface area contributed by atoms with Crippen molar-refractivity contribution in [2.75, 3.05) is 31.8 Å². The second kappa shape index (κ2) is 14.8. The first-order valence-corrected chi connectivity index (χ1v) is 13.6. The van der Waals surface area contributed by atoms with Crippen molar-refractivity contribution in [2.24, 2.45) is 10.8 Å². The van der Waals surface area contributed by atoms with Crippen molar-refractivity contribution < 1.29 is 18.3 Å². The van der Waals surface area contributed by atoms with E-state index in [9.17, 15) is 8.42 Å². The lowest BCUT2D eigenvalue weighted by Gasteiger charge is -2.32. The molecule has 28 heavy (non-hydrogen) atoms. The molecule has 0 fully saturated rings. The molecule has 0 saturated heterocycles. The molecule has 0 amide bonds. The Morgan fingerprint density at radius 3 is 1.54 bits per heavy atom. The maximum Gasteiger partial charge on any atom is 0.148 e. The predicted molar refractivity (Wildman–Crippen MR) is 121 cm³/mol. The molecule has 0 unspecified atom stereocenters. The fraction of sp³-hybridized carbons (Fsp3) is 1.00. The van der Waals surface area contributed by atoms with Gasteiger partial charge in [0.05, 0.1) is 5.75 Å². The highest BCUT2D eigenvalue weighted by Gasteiger charge is 2.29. The van der Waals surface area contributed by atoms with Gasteiger partial charge >= 0.3 is 0 Å². The first kappa shape index (κ1) is 27.9. The minimum absolute atomic E-state index is 0.0637. The quantitative estimate of drug-likeness (QED) is 0.269. The highest BCUT2D eigenvalue weighted by molar-refractivity contribution is 7.90. The smallest absolute Gasteiger partial charge is 0.148 e. The van der Waals surface area contributed by atoms with Gasteiger partial charge in [-0.3, -0.25) is 0 Å². The van der Waals surface area contributed by atoms with Crippen LogP contribution in [0.15, 0.2) is 0 Å². The van der Waals surface area contributed by atoms with Crippen LogP contribution in [-0.4, -0.2) is 45.4 Å². The van der Waals surface area contributed by atoms with Crippen LogP contribution in [-0.2, 0) is 14.6 Å². The number of ether oxygens (including phenoxy) is 1. The van der Waals surface area contributed by atoms with Gasteiger partial charge in [0, 0.05) is 26.1 Å². The molecule has 0 bridgehead atoms. The number of rotatable bonds is 19. The molecular formula is C23H48O4S. The third-order valence-corrected chi connectivity index (χ3v) is 8.06. The monoisotopic (exact) mass is 420 g/mol. The maximum absolute atomic E-state index is 11.7. The van der Waals surface area contributed by atoms with E-state index in [4.69, 9.17) is 9.84 Å². The van der Waals surface area contributed by atoms with Gasteiger partial charge in [0.15, 0.2) is 0 Å². The predicted octanol–water partition coefficient (Wildman–Crippen LogP) is 5.77. The number of hydrogen-bond donors (Lipinski definition) is 1. The summed E-state index contributed by atoms with van der Waals surface area (Å²) in [4.78, 5) is 0. The second-order valence-electron chi connectivity index (χ2n) is 8.84. The van der Waals surface area contributed by atoms with Crippen LogP contribution in [0.25, 0.3) is 0 Å². The number of hydrogen-bond acceptors (Lipinski definition) is 4. The number of unbranched alkanes of at least 4 members (excludes halogenated alkanes) is 2. The molecule has 0 aromatic heterocycles. The first-order valence-electron chi connectivity index (χ1n) is 11.6. The highest BCUT2D eigenvalue weighted by atomic mass is 32.2. The molecule has 4 nitrogen and oxygen atoms in total. The van der Waals surface area contributed by atoms with E-state index in [-0.39, 0.29) is 5.41 Å². The summed E-state index contributed by atoms with van der Waals surface area (Å²) in [7, 11) is -2.93. The molecule has 0 aromatic rings. The molecule has 0 rings (SSSR count). The molecule has 0 radical (unpaired) electrons. The van der Waals surface area contributed by atoms with Crippen LogP contribution in [0, 0.1) is 10.8 Å². The summed E-state index contributed by atoms with van der Waals surface area (Å²) < 4.78 is 29.3. The standard InChI is InChI=1S/C23H48O4S/c1-6-22(7-2,17-14-18-24)15-10-12-19-27-20-13-11-16-23(8-3,9-4)21-28(5,25)26/h24H,6-21H2,1-5H3. The molecule has 0 aliphatic carbocycles. The Kier molecular flexibility index (Phi) is 14.7. The second-order valence-corrected chi connectivity index (χ2v) is 11.0. The zero-order chi connectivity index (χ0) is 21.5. The normalized spacial score (nSPS) is 13.2. The fourth-order valence-electron chi connectivity index (χ4n) is 4.48. The van der Waals surface area contributed by atoms with Crippen molar-refractivity contribution in [1.29, 1.82) is 0 Å². The average Bonchev–Trinajstić information content (AvgIpc) is 2.67. The number of sulfone groups is 1. The van der Waals surface area contributed by atoms with Crippen molar-refractivity contribution in [2.45, 2.75) is 105 Å². The minimum atomic E-state index is -2.93. The van der Waals surface area contributed by atoms with Crippen molar-refractivity contribution in [3.63, 3.8) is 0 Å². The van der Waals surface area contributed by atoms with Crippen molar-refractivity contribution in [3.8, 4) is 0 Å². The molecule has 170 valence electrons. The number of aliphatic hydroxyl groups excluding tert-OH is 1. The Morgan fingerprint density at radius 2 is 1.14 bits per heavy atom. The zero-order valence-corrected chi connectivity index (χ0v) is 20.2. The van der Waals surface area contributed by atoms with E-state index >= 15 is 0 Å². The van der Waals surface area contributed by atoms with Crippen LogP contribution >= 0.6 is 0 Å². The molecular weight excluding hydrogens is 372 g/mol. The lowest BCUT2D eigenvalue weighted by Crippen LogP contribution is -2.28. The third kappa shape index (κ3) is 11.8. The Balaban J connectivity index is 3.99. The van der Waals surface area contributed by atoms with E-state index < -0.39 is 9.84 Å². The summed E-state index contributed by atoms with van der Waals surface area (Å²) in [6.45, 7) is 10.7. The van der Waals surface area contributed by atoms with Crippen LogP contribution in [0.3, 0.4) is 0 Å². The van der Waals surface area contributed by atoms with E-state index in [1.165, 1.54) is 31.9 Å². The summed E-state index contributed by atoms with van der Waals surface area (Å²) in [5.41, 5.74) is 0.331. The summed E-state index contributed by atoms with van der Waals surface area (Å²) in [6.07, 6.45) is 14.1. The Hall–Kier alpha value is -0.130. The first-order chi connectivity index (χ1) is 13.2. The molecule has 0 aromatic carbocycles. The largest absolute Gasteiger partial charge is 0.396 e. The molecule has 0 aliphatic rings. The lowest BCUT2D eigenvalue weighted by molar-refractivity contribution is 0.115. The fourth-order valence-corrected chi connectivity index (χ4v) is 6.15. The maximum atomic E-state index is 11.7. The third-order valence-electron chi connectivity index (χ3n) is 6.93. The van der Waals surface area contributed by atoms with Crippen LogP contribution in [0.5, 0.6) is 0 Å². The molecule has 0 aliphatic heterocycles. The molecule has 0 heterocycles. The molecule has 0 atom stereocenters. The summed E-state index contributed by atoms with van der Waals surface area (Å²) in [5, 5.41) is 9.12. The van der Waals surface area contributed by atoms with Gasteiger partial charge in [0.2, 0.25) is 0 Å². The van der Waals surface area contributed by atoms with E-state index in [1.807, 2.05) is 0 Å². The van der Waals surface area contributed by atoms with E-state index in [2.05, 4.69) is 27.7 Å². The van der Waals surface area contributed by atoms with Gasteiger partial charge in [0.25, 0.3) is 0 Å². The number of aliphatic hydroxyl groups is 1. The lowest BCUT2D eigenvalue weighted by atomic mass is 9.74. The van der Waals surface area contributed by atoms with Crippen molar-refractivity contribution in [3.05, 3.63) is 0 Å². The van der Waals surface area contributed by atoms with Gasteiger partial charge in [-0.1, -0.05) is 53.4 Å². The van der Waals surface area contributed by atoms with Crippen LogP contribution in [0.1, 0.15) is 105 Å². The Labute approximate surface area is 175 Å². The van der Waals surface area contributed by atoms with Crippen LogP contribution < -0.4 is 0 Å². The van der Waals surface area contributed by atoms with Gasteiger partial charge < -0.3 is 9.84 Å². The summed E-state index contributed by atoms with van der Waals surface area (Å²) in [6, 6.07) is 0. The summed E-state index contributed by atoms with van der Waals surface area (Å²) >= 11 is 0. The molecule has 5 heteroatoms. The molecule has 0 spiro atoms. The van der Waals surface area contributed by atoms with E-state index in [0.717, 1.165) is 64.6 Å². The van der Waals surface area contributed by atoms with Crippen molar-refractivity contribution >= 4 is 9.84 Å². The zero-order valence-electron chi connectivity index (χ0n) is 19.4. The topological polar surface area (TPSA) is 63.6 Å². The van der Waals surface area contributed by atoms with Gasteiger partial charge in [-0.15, -0.1) is 0 Å². The van der Waals surface area contributed by atoms with E-state index in [1.54, 1.807) is 0 Å². The van der Waals surface area contributed by atoms with Gasteiger partial charge in [-0.25, -0.2) is 8.42 Å². The van der Waals surface area contributed by atoms with Crippen molar-refractivity contribution in [1.82, 2.24) is 0 Å². The highest BCUT2D eigenvalue weighted by Crippen LogP contribution is 2.37. The Bertz CT molecular complexity index is 465. The molecule has 0 saturated carbocycles.